The standard InChI is InChI=1S/C20H28N4O8S/c1-10(25)16(24-17(28)12(21)7-11-5-3-2-4-6-11)19(30)23-14(9-33)18(29)22-13(20(31)32)8-15(26)27/h2-6,10,12-14,16,25,33H,7-9,21H2,1H3,(H,22,29)(H,23,30)(H,24,28)(H,26,27)(H,31,32). The number of benzene rings is 1. The Balaban J connectivity index is 2.80. The number of aliphatic hydroxyl groups is 1. The van der Waals surface area contributed by atoms with Crippen LogP contribution in [0.15, 0.2) is 30.3 Å². The number of hydrogen-bond acceptors (Lipinski definition) is 8. The van der Waals surface area contributed by atoms with Gasteiger partial charge in [0.05, 0.1) is 18.6 Å². The van der Waals surface area contributed by atoms with Crippen molar-refractivity contribution in [1.82, 2.24) is 16.0 Å². The second-order valence-corrected chi connectivity index (χ2v) is 7.63. The number of hydrogen-bond donors (Lipinski definition) is 8. The van der Waals surface area contributed by atoms with Crippen LogP contribution in [0.4, 0.5) is 0 Å². The molecule has 13 heteroatoms. The molecule has 0 radical (unpaired) electrons. The minimum Gasteiger partial charge on any atom is -0.481 e. The van der Waals surface area contributed by atoms with Gasteiger partial charge >= 0.3 is 11.9 Å². The van der Waals surface area contributed by atoms with Crippen molar-refractivity contribution in [2.45, 2.75) is 50.0 Å². The third-order valence-electron chi connectivity index (χ3n) is 4.51. The fourth-order valence-corrected chi connectivity index (χ4v) is 2.99. The maximum Gasteiger partial charge on any atom is 0.326 e. The molecule has 0 spiro atoms. The van der Waals surface area contributed by atoms with E-state index in [4.69, 9.17) is 15.9 Å². The smallest absolute Gasteiger partial charge is 0.326 e. The second-order valence-electron chi connectivity index (χ2n) is 7.26. The number of nitrogens with two attached hydrogens (primary N) is 1. The Morgan fingerprint density at radius 3 is 2.00 bits per heavy atom. The molecular weight excluding hydrogens is 456 g/mol. The summed E-state index contributed by atoms with van der Waals surface area (Å²) < 4.78 is 0. The van der Waals surface area contributed by atoms with E-state index in [9.17, 15) is 29.1 Å². The van der Waals surface area contributed by atoms with Gasteiger partial charge < -0.3 is 37.0 Å². The summed E-state index contributed by atoms with van der Waals surface area (Å²) in [6, 6.07) is 3.33. The lowest BCUT2D eigenvalue weighted by atomic mass is 10.0. The number of aliphatic carboxylic acids is 2. The topological polar surface area (TPSA) is 208 Å². The Morgan fingerprint density at radius 2 is 1.52 bits per heavy atom. The van der Waals surface area contributed by atoms with Crippen LogP contribution in [0.2, 0.25) is 0 Å². The second kappa shape index (κ2) is 13.4. The summed E-state index contributed by atoms with van der Waals surface area (Å²) >= 11 is 3.94. The van der Waals surface area contributed by atoms with Gasteiger partial charge in [0.2, 0.25) is 17.7 Å². The van der Waals surface area contributed by atoms with Crippen molar-refractivity contribution in [3.8, 4) is 0 Å². The molecule has 0 aliphatic heterocycles. The highest BCUT2D eigenvalue weighted by Crippen LogP contribution is 2.04. The average molecular weight is 485 g/mol. The Morgan fingerprint density at radius 1 is 0.939 bits per heavy atom. The molecule has 3 amide bonds. The van der Waals surface area contributed by atoms with Gasteiger partial charge in [0.25, 0.3) is 0 Å². The van der Waals surface area contributed by atoms with Crippen LogP contribution >= 0.6 is 12.6 Å². The monoisotopic (exact) mass is 484 g/mol. The van der Waals surface area contributed by atoms with Gasteiger partial charge in [0, 0.05) is 5.75 Å². The Kier molecular flexibility index (Phi) is 11.3. The number of carboxylic acids is 2. The first-order valence-corrected chi connectivity index (χ1v) is 10.5. The van der Waals surface area contributed by atoms with E-state index in [1.807, 2.05) is 5.32 Å². The maximum atomic E-state index is 12.6. The molecule has 1 aromatic carbocycles. The van der Waals surface area contributed by atoms with E-state index in [1.165, 1.54) is 6.92 Å². The molecule has 1 rings (SSSR count). The van der Waals surface area contributed by atoms with Crippen molar-refractivity contribution in [2.24, 2.45) is 5.73 Å². The number of rotatable bonds is 13. The summed E-state index contributed by atoms with van der Waals surface area (Å²) in [4.78, 5) is 59.3. The first-order chi connectivity index (χ1) is 15.5. The van der Waals surface area contributed by atoms with Gasteiger partial charge in [-0.05, 0) is 18.9 Å². The number of carbonyl (C=O) groups excluding carboxylic acids is 3. The molecule has 0 saturated heterocycles. The molecule has 0 bridgehead atoms. The lowest BCUT2D eigenvalue weighted by molar-refractivity contribution is -0.147. The highest BCUT2D eigenvalue weighted by molar-refractivity contribution is 7.80. The quantitative estimate of drug-likeness (QED) is 0.144. The largest absolute Gasteiger partial charge is 0.481 e. The SMILES string of the molecule is CC(O)C(NC(=O)C(N)Cc1ccccc1)C(=O)NC(CS)C(=O)NC(CC(=O)O)C(=O)O. The van der Waals surface area contributed by atoms with Crippen LogP contribution in [0.3, 0.4) is 0 Å². The third-order valence-corrected chi connectivity index (χ3v) is 4.87. The van der Waals surface area contributed by atoms with E-state index in [2.05, 4.69) is 23.3 Å². The molecule has 0 aromatic heterocycles. The molecule has 0 heterocycles. The minimum absolute atomic E-state index is 0.183. The van der Waals surface area contributed by atoms with E-state index in [0.717, 1.165) is 5.56 Å². The van der Waals surface area contributed by atoms with E-state index >= 15 is 0 Å². The van der Waals surface area contributed by atoms with Crippen LogP contribution in [0.5, 0.6) is 0 Å². The van der Waals surface area contributed by atoms with Crippen LogP contribution in [0.25, 0.3) is 0 Å². The van der Waals surface area contributed by atoms with Crippen molar-refractivity contribution in [2.75, 3.05) is 5.75 Å². The normalized spacial score (nSPS) is 15.3. The molecule has 182 valence electrons. The van der Waals surface area contributed by atoms with E-state index < -0.39 is 66.4 Å². The summed E-state index contributed by atoms with van der Waals surface area (Å²) in [5.41, 5.74) is 6.68. The molecule has 0 fully saturated rings. The lowest BCUT2D eigenvalue weighted by Crippen LogP contribution is -2.60. The Bertz CT molecular complexity index is 852. The minimum atomic E-state index is -1.72. The Hall–Kier alpha value is -3.16. The highest BCUT2D eigenvalue weighted by Gasteiger charge is 2.32. The van der Waals surface area contributed by atoms with E-state index in [-0.39, 0.29) is 12.2 Å². The molecule has 5 unspecified atom stereocenters. The number of carboxylic acid groups (broad SMARTS) is 2. The zero-order chi connectivity index (χ0) is 25.1. The maximum absolute atomic E-state index is 12.6. The van der Waals surface area contributed by atoms with Crippen molar-refractivity contribution in [3.05, 3.63) is 35.9 Å². The van der Waals surface area contributed by atoms with Crippen LogP contribution in [0.1, 0.15) is 18.9 Å². The molecule has 1 aromatic rings. The van der Waals surface area contributed by atoms with Gasteiger partial charge in [-0.2, -0.15) is 12.6 Å². The third kappa shape index (κ3) is 9.47. The predicted molar refractivity (Wildman–Crippen MR) is 119 cm³/mol. The molecule has 0 saturated carbocycles. The fourth-order valence-electron chi connectivity index (χ4n) is 2.73. The first-order valence-electron chi connectivity index (χ1n) is 9.90. The summed E-state index contributed by atoms with van der Waals surface area (Å²) in [5, 5.41) is 34.4. The Labute approximate surface area is 195 Å². The summed E-state index contributed by atoms with van der Waals surface area (Å²) in [7, 11) is 0. The van der Waals surface area contributed by atoms with Gasteiger partial charge in [-0.25, -0.2) is 4.79 Å². The summed E-state index contributed by atoms with van der Waals surface area (Å²) in [5.74, 6) is -5.94. The number of carbonyl (C=O) groups is 5. The van der Waals surface area contributed by atoms with Crippen LogP contribution in [-0.2, 0) is 30.4 Å². The van der Waals surface area contributed by atoms with Gasteiger partial charge in [-0.1, -0.05) is 30.3 Å². The first kappa shape index (κ1) is 27.9. The van der Waals surface area contributed by atoms with Crippen LogP contribution in [0, 0.1) is 0 Å². The van der Waals surface area contributed by atoms with Crippen molar-refractivity contribution >= 4 is 42.3 Å². The lowest BCUT2D eigenvalue weighted by Gasteiger charge is -2.25. The molecule has 8 N–H and O–H groups in total. The molecule has 0 aliphatic carbocycles. The van der Waals surface area contributed by atoms with Gasteiger partial charge in [0.15, 0.2) is 0 Å². The zero-order valence-corrected chi connectivity index (χ0v) is 18.7. The molecule has 12 nitrogen and oxygen atoms in total. The van der Waals surface area contributed by atoms with E-state index in [1.54, 1.807) is 30.3 Å². The number of nitrogens with one attached hydrogen (secondary N) is 3. The predicted octanol–water partition coefficient (Wildman–Crippen LogP) is -2.12. The molecule has 33 heavy (non-hydrogen) atoms. The average Bonchev–Trinajstić information content (AvgIpc) is 2.74. The number of aliphatic hydroxyl groups excluding tert-OH is 1. The molecule has 0 aliphatic rings. The summed E-state index contributed by atoms with van der Waals surface area (Å²) in [6.07, 6.45) is -2.05. The molecule has 5 atom stereocenters. The van der Waals surface area contributed by atoms with Crippen LogP contribution in [-0.4, -0.2) is 81.0 Å². The van der Waals surface area contributed by atoms with Gasteiger partial charge in [-0.3, -0.25) is 19.2 Å². The van der Waals surface area contributed by atoms with Crippen molar-refractivity contribution in [1.29, 1.82) is 0 Å². The highest BCUT2D eigenvalue weighted by atomic mass is 32.1. The van der Waals surface area contributed by atoms with E-state index in [0.29, 0.717) is 0 Å². The number of amides is 3. The number of thiol groups is 1. The van der Waals surface area contributed by atoms with Crippen molar-refractivity contribution in [3.63, 3.8) is 0 Å². The zero-order valence-electron chi connectivity index (χ0n) is 17.8. The van der Waals surface area contributed by atoms with Gasteiger partial charge in [0.1, 0.15) is 18.1 Å². The van der Waals surface area contributed by atoms with Crippen LogP contribution < -0.4 is 21.7 Å². The van der Waals surface area contributed by atoms with Crippen molar-refractivity contribution < 1.29 is 39.3 Å². The molecular formula is C20H28N4O8S. The fraction of sp³-hybridized carbons (Fsp3) is 0.450. The summed E-state index contributed by atoms with van der Waals surface area (Å²) in [6.45, 7) is 1.25. The van der Waals surface area contributed by atoms with Gasteiger partial charge in [-0.15, -0.1) is 0 Å².